The minimum Gasteiger partial charge on any atom is -0.267 e. The van der Waals surface area contributed by atoms with E-state index >= 15 is 0 Å². The first-order valence-corrected chi connectivity index (χ1v) is 5.43. The molecule has 0 saturated heterocycles. The molecule has 0 bridgehead atoms. The van der Waals surface area contributed by atoms with Gasteiger partial charge in [-0.2, -0.15) is 18.3 Å². The Morgan fingerprint density at radius 1 is 1.32 bits per heavy atom. The number of aromatic nitrogens is 2. The normalized spacial score (nSPS) is 11.6. The Morgan fingerprint density at radius 2 is 2.00 bits per heavy atom. The van der Waals surface area contributed by atoms with Crippen molar-refractivity contribution in [2.24, 2.45) is 7.05 Å². The van der Waals surface area contributed by atoms with Gasteiger partial charge in [0.05, 0.1) is 17.8 Å². The number of halogens is 3. The first-order valence-electron chi connectivity index (χ1n) is 5.43. The van der Waals surface area contributed by atoms with Gasteiger partial charge in [0.15, 0.2) is 0 Å². The average Bonchev–Trinajstić information content (AvgIpc) is 2.31. The van der Waals surface area contributed by atoms with Crippen LogP contribution >= 0.6 is 0 Å². The summed E-state index contributed by atoms with van der Waals surface area (Å²) >= 11 is 0. The standard InChI is InChI=1S/C13H10F3N2O/c1-8-5-10(13(14,15)16)3-4-11(8)9-6-12(19)18(2)17-7-9/h3-5,7H,1-2H3. The first kappa shape index (κ1) is 13.3. The van der Waals surface area contributed by atoms with Gasteiger partial charge in [0.2, 0.25) is 0 Å². The Hall–Kier alpha value is -2.11. The molecule has 0 N–H and O–H groups in total. The third-order valence-electron chi connectivity index (χ3n) is 2.74. The molecule has 99 valence electrons. The highest BCUT2D eigenvalue weighted by Crippen LogP contribution is 2.32. The summed E-state index contributed by atoms with van der Waals surface area (Å²) in [5.41, 5.74) is 0.163. The lowest BCUT2D eigenvalue weighted by atomic mass is 10.00. The van der Waals surface area contributed by atoms with Gasteiger partial charge in [-0.15, -0.1) is 0 Å². The second kappa shape index (κ2) is 4.53. The number of hydrogen-bond donors (Lipinski definition) is 0. The summed E-state index contributed by atoms with van der Waals surface area (Å²) in [5.74, 6) is 0. The van der Waals surface area contributed by atoms with Crippen LogP contribution in [0.4, 0.5) is 13.2 Å². The lowest BCUT2D eigenvalue weighted by Gasteiger charge is -2.10. The van der Waals surface area contributed by atoms with Gasteiger partial charge in [-0.1, -0.05) is 6.07 Å². The first-order chi connectivity index (χ1) is 8.79. The Morgan fingerprint density at radius 3 is 2.53 bits per heavy atom. The lowest BCUT2D eigenvalue weighted by molar-refractivity contribution is -0.137. The number of nitrogens with zero attached hydrogens (tertiary/aromatic N) is 2. The van der Waals surface area contributed by atoms with Crippen molar-refractivity contribution in [3.05, 3.63) is 51.9 Å². The van der Waals surface area contributed by atoms with Gasteiger partial charge in [0.1, 0.15) is 0 Å². The summed E-state index contributed by atoms with van der Waals surface area (Å²) in [6.07, 6.45) is -2.98. The van der Waals surface area contributed by atoms with Crippen LogP contribution in [0.3, 0.4) is 0 Å². The van der Waals surface area contributed by atoms with Gasteiger partial charge in [0, 0.05) is 12.6 Å². The zero-order chi connectivity index (χ0) is 14.2. The molecule has 0 aliphatic rings. The van der Waals surface area contributed by atoms with Crippen LogP contribution in [0, 0.1) is 13.0 Å². The predicted molar refractivity (Wildman–Crippen MR) is 63.5 cm³/mol. The summed E-state index contributed by atoms with van der Waals surface area (Å²) in [5, 5.41) is 3.82. The predicted octanol–water partition coefficient (Wildman–Crippen LogP) is 2.57. The van der Waals surface area contributed by atoms with Gasteiger partial charge >= 0.3 is 6.18 Å². The highest BCUT2D eigenvalue weighted by molar-refractivity contribution is 5.66. The fourth-order valence-corrected chi connectivity index (χ4v) is 1.70. The van der Waals surface area contributed by atoms with Crippen LogP contribution < -0.4 is 5.56 Å². The molecule has 0 fully saturated rings. The van der Waals surface area contributed by atoms with Crippen LogP contribution in [0.5, 0.6) is 0 Å². The largest absolute Gasteiger partial charge is 0.416 e. The molecule has 3 nitrogen and oxygen atoms in total. The van der Waals surface area contributed by atoms with Crippen LogP contribution in [0.15, 0.2) is 29.2 Å². The maximum atomic E-state index is 12.5. The molecule has 0 aliphatic heterocycles. The minimum absolute atomic E-state index is 0.384. The van der Waals surface area contributed by atoms with Gasteiger partial charge in [-0.3, -0.25) is 4.79 Å². The quantitative estimate of drug-likeness (QED) is 0.796. The third kappa shape index (κ3) is 2.67. The van der Waals surface area contributed by atoms with Crippen molar-refractivity contribution in [3.8, 4) is 11.1 Å². The van der Waals surface area contributed by atoms with Gasteiger partial charge in [0.25, 0.3) is 5.56 Å². The fraction of sp³-hybridized carbons (Fsp3) is 0.231. The van der Waals surface area contributed by atoms with Crippen molar-refractivity contribution in [3.63, 3.8) is 0 Å². The van der Waals surface area contributed by atoms with Crippen molar-refractivity contribution in [1.82, 2.24) is 9.78 Å². The number of aryl methyl sites for hydroxylation is 2. The molecule has 1 heterocycles. The number of benzene rings is 1. The number of alkyl halides is 3. The molecule has 0 saturated carbocycles. The van der Waals surface area contributed by atoms with Crippen LogP contribution in [-0.4, -0.2) is 9.78 Å². The van der Waals surface area contributed by atoms with E-state index in [1.165, 1.54) is 19.3 Å². The SMILES string of the molecule is Cc1cc(C(F)(F)F)ccc1-c1[c]c(=O)n(C)nc1. The smallest absolute Gasteiger partial charge is 0.267 e. The Balaban J connectivity index is 2.52. The molecule has 1 radical (unpaired) electrons. The van der Waals surface area contributed by atoms with E-state index in [-0.39, 0.29) is 0 Å². The van der Waals surface area contributed by atoms with E-state index in [4.69, 9.17) is 0 Å². The van der Waals surface area contributed by atoms with Crippen LogP contribution in [0.1, 0.15) is 11.1 Å². The zero-order valence-electron chi connectivity index (χ0n) is 10.2. The molecule has 0 atom stereocenters. The summed E-state index contributed by atoms with van der Waals surface area (Å²) in [6, 6.07) is 5.90. The van der Waals surface area contributed by atoms with E-state index in [0.29, 0.717) is 16.7 Å². The van der Waals surface area contributed by atoms with E-state index in [1.54, 1.807) is 6.92 Å². The number of rotatable bonds is 1. The summed E-state index contributed by atoms with van der Waals surface area (Å²) in [7, 11) is 1.47. The molecule has 6 heteroatoms. The minimum atomic E-state index is -4.38. The molecule has 0 spiro atoms. The Labute approximate surface area is 107 Å². The molecule has 0 unspecified atom stereocenters. The molecule has 19 heavy (non-hydrogen) atoms. The van der Waals surface area contributed by atoms with Crippen LogP contribution in [-0.2, 0) is 13.2 Å². The maximum absolute atomic E-state index is 12.5. The van der Waals surface area contributed by atoms with Gasteiger partial charge in [-0.25, -0.2) is 4.68 Å². The second-order valence-electron chi connectivity index (χ2n) is 4.14. The monoisotopic (exact) mass is 267 g/mol. The van der Waals surface area contributed by atoms with Crippen molar-refractivity contribution >= 4 is 0 Å². The van der Waals surface area contributed by atoms with Crippen LogP contribution in [0.2, 0.25) is 0 Å². The molecule has 2 aromatic rings. The highest BCUT2D eigenvalue weighted by atomic mass is 19.4. The average molecular weight is 267 g/mol. The zero-order valence-corrected chi connectivity index (χ0v) is 10.2. The van der Waals surface area contributed by atoms with E-state index in [0.717, 1.165) is 16.8 Å². The molecule has 0 amide bonds. The van der Waals surface area contributed by atoms with E-state index in [2.05, 4.69) is 11.2 Å². The van der Waals surface area contributed by atoms with E-state index < -0.39 is 17.3 Å². The van der Waals surface area contributed by atoms with Crippen molar-refractivity contribution in [2.45, 2.75) is 13.1 Å². The van der Waals surface area contributed by atoms with Crippen LogP contribution in [0.25, 0.3) is 11.1 Å². The molecular weight excluding hydrogens is 257 g/mol. The highest BCUT2D eigenvalue weighted by Gasteiger charge is 2.30. The summed E-state index contributed by atoms with van der Waals surface area (Å²) in [6.45, 7) is 1.55. The molecule has 1 aromatic heterocycles. The number of hydrogen-bond acceptors (Lipinski definition) is 2. The van der Waals surface area contributed by atoms with Gasteiger partial charge < -0.3 is 0 Å². The molecule has 0 aliphatic carbocycles. The fourth-order valence-electron chi connectivity index (χ4n) is 1.70. The van der Waals surface area contributed by atoms with Crippen molar-refractivity contribution < 1.29 is 13.2 Å². The second-order valence-corrected chi connectivity index (χ2v) is 4.14. The molecule has 2 rings (SSSR count). The van der Waals surface area contributed by atoms with Gasteiger partial charge in [-0.05, 0) is 30.2 Å². The third-order valence-corrected chi connectivity index (χ3v) is 2.74. The van der Waals surface area contributed by atoms with Crippen molar-refractivity contribution in [2.75, 3.05) is 0 Å². The summed E-state index contributed by atoms with van der Waals surface area (Å²) in [4.78, 5) is 11.4. The topological polar surface area (TPSA) is 34.9 Å². The maximum Gasteiger partial charge on any atom is 0.416 e. The molecular formula is C13H10F3N2O. The Bertz CT molecular complexity index is 674. The van der Waals surface area contributed by atoms with E-state index in [9.17, 15) is 18.0 Å². The molecule has 1 aromatic carbocycles. The lowest BCUT2D eigenvalue weighted by Crippen LogP contribution is -2.18. The van der Waals surface area contributed by atoms with Crippen molar-refractivity contribution in [1.29, 1.82) is 0 Å². The summed E-state index contributed by atoms with van der Waals surface area (Å²) < 4.78 is 38.7. The Kier molecular flexibility index (Phi) is 3.18. The van der Waals surface area contributed by atoms with E-state index in [1.807, 2.05) is 0 Å².